The van der Waals surface area contributed by atoms with Crippen molar-refractivity contribution in [1.29, 1.82) is 0 Å². The first-order chi connectivity index (χ1) is 21.5. The SMILES string of the molecule is COC(=O)[C@H]1Cc2c([nH]c3ccccc23)[C@H](c2ccc(C(=O)N[C@H](C(=O)O)C34C[C@H]5C[C@@H](C3)C[C@](O)(C5)C4)cc2)N1C(=O)CCl. The van der Waals surface area contributed by atoms with Gasteiger partial charge < -0.3 is 30.2 Å². The summed E-state index contributed by atoms with van der Waals surface area (Å²) >= 11 is 6.05. The van der Waals surface area contributed by atoms with Crippen molar-refractivity contribution < 1.29 is 34.1 Å². The number of nitrogens with zero attached hydrogens (tertiary/aromatic N) is 1. The van der Waals surface area contributed by atoms with Crippen molar-refractivity contribution in [3.8, 4) is 0 Å². The number of ether oxygens (including phenoxy) is 1. The zero-order valence-electron chi connectivity index (χ0n) is 24.9. The summed E-state index contributed by atoms with van der Waals surface area (Å²) in [5, 5.41) is 25.2. The van der Waals surface area contributed by atoms with E-state index in [-0.39, 0.29) is 29.7 Å². The molecule has 1 unspecified atom stereocenters. The molecule has 4 bridgehead atoms. The second-order valence-corrected chi connectivity index (χ2v) is 13.8. The number of aromatic nitrogens is 1. The number of nitrogens with one attached hydrogen (secondary N) is 2. The lowest BCUT2D eigenvalue weighted by Crippen LogP contribution is -2.64. The summed E-state index contributed by atoms with van der Waals surface area (Å²) < 4.78 is 5.10. The molecule has 0 saturated heterocycles. The van der Waals surface area contributed by atoms with E-state index in [1.54, 1.807) is 24.3 Å². The summed E-state index contributed by atoms with van der Waals surface area (Å²) in [5.74, 6) is -2.41. The number of esters is 1. The van der Waals surface area contributed by atoms with Crippen LogP contribution < -0.4 is 5.32 Å². The van der Waals surface area contributed by atoms with Gasteiger partial charge in [-0.2, -0.15) is 0 Å². The summed E-state index contributed by atoms with van der Waals surface area (Å²) in [6.45, 7) is 0. The number of H-pyrrole nitrogens is 1. The molecule has 7 atom stereocenters. The number of para-hydroxylation sites is 1. The average Bonchev–Trinajstić information content (AvgIpc) is 3.39. The smallest absolute Gasteiger partial charge is 0.328 e. The fourth-order valence-corrected chi connectivity index (χ4v) is 9.60. The van der Waals surface area contributed by atoms with Gasteiger partial charge in [-0.25, -0.2) is 9.59 Å². The van der Waals surface area contributed by atoms with Gasteiger partial charge in [-0.1, -0.05) is 30.3 Å². The van der Waals surface area contributed by atoms with Gasteiger partial charge in [0.2, 0.25) is 5.91 Å². The number of aliphatic carboxylic acids is 1. The van der Waals surface area contributed by atoms with Gasteiger partial charge >= 0.3 is 11.9 Å². The second-order valence-electron chi connectivity index (χ2n) is 13.6. The molecular weight excluding hydrogens is 598 g/mol. The first kappa shape index (κ1) is 29.8. The lowest BCUT2D eigenvalue weighted by Gasteiger charge is -2.61. The zero-order valence-corrected chi connectivity index (χ0v) is 25.7. The first-order valence-corrected chi connectivity index (χ1v) is 16.0. The van der Waals surface area contributed by atoms with Gasteiger partial charge in [0.15, 0.2) is 0 Å². The molecule has 1 aliphatic heterocycles. The molecule has 0 spiro atoms. The number of carbonyl (C=O) groups is 4. The van der Waals surface area contributed by atoms with E-state index in [0.717, 1.165) is 28.6 Å². The molecule has 45 heavy (non-hydrogen) atoms. The quantitative estimate of drug-likeness (QED) is 0.227. The maximum atomic E-state index is 13.5. The van der Waals surface area contributed by atoms with Crippen LogP contribution in [-0.4, -0.2) is 74.5 Å². The van der Waals surface area contributed by atoms with Gasteiger partial charge in [-0.05, 0) is 79.7 Å². The Morgan fingerprint density at radius 3 is 2.38 bits per heavy atom. The molecule has 4 saturated carbocycles. The highest BCUT2D eigenvalue weighted by Gasteiger charge is 2.61. The van der Waals surface area contributed by atoms with Crippen LogP contribution in [0.5, 0.6) is 0 Å². The van der Waals surface area contributed by atoms with Crippen molar-refractivity contribution in [2.24, 2.45) is 17.3 Å². The largest absolute Gasteiger partial charge is 0.480 e. The number of hydrogen-bond acceptors (Lipinski definition) is 6. The fraction of sp³-hybridized carbons (Fsp3) is 0.471. The summed E-state index contributed by atoms with van der Waals surface area (Å²) in [6.07, 6.45) is 4.40. The molecule has 4 fully saturated rings. The van der Waals surface area contributed by atoms with Crippen LogP contribution >= 0.6 is 11.6 Å². The predicted molar refractivity (Wildman–Crippen MR) is 165 cm³/mol. The molecule has 11 heteroatoms. The van der Waals surface area contributed by atoms with Crippen LogP contribution in [0, 0.1) is 17.3 Å². The van der Waals surface area contributed by atoms with E-state index in [9.17, 15) is 29.4 Å². The molecule has 4 N–H and O–H groups in total. The topological polar surface area (TPSA) is 149 Å². The molecule has 2 heterocycles. The van der Waals surface area contributed by atoms with Gasteiger partial charge in [0, 0.05) is 34.0 Å². The van der Waals surface area contributed by atoms with Crippen molar-refractivity contribution in [3.63, 3.8) is 0 Å². The Labute approximate surface area is 265 Å². The normalized spacial score (nSPS) is 30.5. The number of fused-ring (bicyclic) bond motifs is 3. The lowest BCUT2D eigenvalue weighted by atomic mass is 9.46. The third kappa shape index (κ3) is 4.89. The molecule has 4 aliphatic carbocycles. The molecular formula is C34H36ClN3O7. The highest BCUT2D eigenvalue weighted by molar-refractivity contribution is 6.27. The van der Waals surface area contributed by atoms with Crippen LogP contribution in [0.15, 0.2) is 48.5 Å². The second kappa shape index (κ2) is 10.9. The summed E-state index contributed by atoms with van der Waals surface area (Å²) in [4.78, 5) is 57.3. The molecule has 10 nitrogen and oxygen atoms in total. The van der Waals surface area contributed by atoms with Crippen molar-refractivity contribution in [2.75, 3.05) is 13.0 Å². The van der Waals surface area contributed by atoms with Crippen LogP contribution in [0.2, 0.25) is 0 Å². The van der Waals surface area contributed by atoms with Crippen LogP contribution in [0.25, 0.3) is 10.9 Å². The third-order valence-corrected chi connectivity index (χ3v) is 10.9. The van der Waals surface area contributed by atoms with Gasteiger partial charge in [0.05, 0.1) is 18.8 Å². The monoisotopic (exact) mass is 633 g/mol. The average molecular weight is 634 g/mol. The maximum Gasteiger partial charge on any atom is 0.328 e. The number of aliphatic hydroxyl groups is 1. The number of carboxylic acid groups (broad SMARTS) is 1. The summed E-state index contributed by atoms with van der Waals surface area (Å²) in [7, 11) is 1.28. The number of carboxylic acids is 1. The van der Waals surface area contributed by atoms with Gasteiger partial charge in [0.1, 0.15) is 18.0 Å². The third-order valence-electron chi connectivity index (χ3n) is 10.7. The van der Waals surface area contributed by atoms with E-state index < -0.39 is 52.9 Å². The highest BCUT2D eigenvalue weighted by Crippen LogP contribution is 2.62. The Balaban J connectivity index is 1.21. The predicted octanol–water partition coefficient (Wildman–Crippen LogP) is 3.94. The van der Waals surface area contributed by atoms with E-state index >= 15 is 0 Å². The molecule has 236 valence electrons. The van der Waals surface area contributed by atoms with Crippen molar-refractivity contribution in [2.45, 2.75) is 68.7 Å². The molecule has 5 aliphatic rings. The molecule has 2 amide bonds. The Kier molecular flexibility index (Phi) is 7.20. The minimum Gasteiger partial charge on any atom is -0.480 e. The number of carbonyl (C=O) groups excluding carboxylic acids is 3. The Morgan fingerprint density at radius 1 is 1.07 bits per heavy atom. The molecule has 1 aromatic heterocycles. The van der Waals surface area contributed by atoms with Crippen molar-refractivity contribution in [1.82, 2.24) is 15.2 Å². The Bertz CT molecular complexity index is 1690. The number of hydrogen-bond donors (Lipinski definition) is 4. The number of benzene rings is 2. The van der Waals surface area contributed by atoms with Crippen LogP contribution in [0.1, 0.15) is 71.7 Å². The first-order valence-electron chi connectivity index (χ1n) is 15.5. The molecule has 0 radical (unpaired) electrons. The number of methoxy groups -OCH3 is 1. The number of alkyl halides is 1. The van der Waals surface area contributed by atoms with E-state index in [4.69, 9.17) is 16.3 Å². The van der Waals surface area contributed by atoms with E-state index in [0.29, 0.717) is 37.7 Å². The van der Waals surface area contributed by atoms with Crippen LogP contribution in [0.3, 0.4) is 0 Å². The number of rotatable bonds is 7. The molecule has 8 rings (SSSR count). The standard InChI is InChI=1S/C34H36ClN3O7/c1-45-32(43)25-11-23-22-4-2-3-5-24(22)36-27(23)28(38(25)26(39)16-35)20-6-8-21(9-7-20)30(40)37-29(31(41)42)33-12-18-10-19(13-33)15-34(44,14-18)17-33/h2-9,18-19,25,28-29,36,44H,10-17H2,1H3,(H,37,40)(H,41,42)/t18-,19+,25-,28+,29-,33?,34-/m1/s1. The number of amides is 2. The Morgan fingerprint density at radius 2 is 1.76 bits per heavy atom. The highest BCUT2D eigenvalue weighted by atomic mass is 35.5. The van der Waals surface area contributed by atoms with E-state index in [1.807, 2.05) is 24.3 Å². The van der Waals surface area contributed by atoms with Crippen LogP contribution in [0.4, 0.5) is 0 Å². The van der Waals surface area contributed by atoms with E-state index in [2.05, 4.69) is 10.3 Å². The Hall–Kier alpha value is -3.89. The van der Waals surface area contributed by atoms with Gasteiger partial charge in [-0.15, -0.1) is 11.6 Å². The zero-order chi connectivity index (χ0) is 31.7. The molecule has 3 aromatic rings. The van der Waals surface area contributed by atoms with Crippen molar-refractivity contribution >= 4 is 46.3 Å². The number of halogens is 1. The van der Waals surface area contributed by atoms with E-state index in [1.165, 1.54) is 12.0 Å². The maximum absolute atomic E-state index is 13.5. The number of aromatic amines is 1. The minimum absolute atomic E-state index is 0.251. The van der Waals surface area contributed by atoms with Gasteiger partial charge in [0.25, 0.3) is 5.91 Å². The fourth-order valence-electron chi connectivity index (χ4n) is 9.46. The van der Waals surface area contributed by atoms with Gasteiger partial charge in [-0.3, -0.25) is 9.59 Å². The minimum atomic E-state index is -1.12. The summed E-state index contributed by atoms with van der Waals surface area (Å²) in [6, 6.07) is 11.6. The molecule has 2 aromatic carbocycles. The summed E-state index contributed by atoms with van der Waals surface area (Å²) in [5.41, 5.74) is 1.87. The van der Waals surface area contributed by atoms with Crippen molar-refractivity contribution in [3.05, 3.63) is 70.9 Å². The lowest BCUT2D eigenvalue weighted by molar-refractivity contribution is -0.181. The van der Waals surface area contributed by atoms with Crippen LogP contribution in [-0.2, 0) is 25.5 Å².